The predicted octanol–water partition coefficient (Wildman–Crippen LogP) is 2.96. The van der Waals surface area contributed by atoms with Gasteiger partial charge in [0.1, 0.15) is 0 Å². The van der Waals surface area contributed by atoms with E-state index in [1.165, 1.54) is 16.8 Å². The van der Waals surface area contributed by atoms with Gasteiger partial charge in [-0.25, -0.2) is 0 Å². The lowest BCUT2D eigenvalue weighted by atomic mass is 10.0. The zero-order valence-corrected chi connectivity index (χ0v) is 9.83. The Morgan fingerprint density at radius 1 is 1.31 bits per heavy atom. The molecule has 1 aliphatic heterocycles. The minimum atomic E-state index is 0.854. The lowest BCUT2D eigenvalue weighted by Crippen LogP contribution is -2.29. The summed E-state index contributed by atoms with van der Waals surface area (Å²) in [4.78, 5) is 2.34. The van der Waals surface area contributed by atoms with Crippen LogP contribution in [0, 0.1) is 25.2 Å². The highest BCUT2D eigenvalue weighted by molar-refractivity contribution is 5.57. The van der Waals surface area contributed by atoms with Gasteiger partial charge in [-0.3, -0.25) is 0 Å². The van der Waals surface area contributed by atoms with E-state index in [2.05, 4.69) is 43.0 Å². The van der Waals surface area contributed by atoms with Crippen molar-refractivity contribution in [3.8, 4) is 6.07 Å². The quantitative estimate of drug-likeness (QED) is 0.715. The average Bonchev–Trinajstić information content (AvgIpc) is 2.33. The van der Waals surface area contributed by atoms with Gasteiger partial charge in [0.05, 0.1) is 6.07 Å². The van der Waals surface area contributed by atoms with Crippen molar-refractivity contribution < 1.29 is 0 Å². The van der Waals surface area contributed by atoms with Crippen LogP contribution in [0.4, 0.5) is 5.69 Å². The highest BCUT2D eigenvalue weighted by Crippen LogP contribution is 2.25. The Labute approximate surface area is 96.8 Å². The minimum Gasteiger partial charge on any atom is -0.367 e. The van der Waals surface area contributed by atoms with Gasteiger partial charge in [-0.15, -0.1) is 0 Å². The van der Waals surface area contributed by atoms with E-state index in [9.17, 15) is 0 Å². The maximum Gasteiger partial charge on any atom is 0.0945 e. The molecule has 0 N–H and O–H groups in total. The number of aryl methyl sites for hydroxylation is 1. The van der Waals surface area contributed by atoms with Crippen LogP contribution in [0.25, 0.3) is 0 Å². The first-order valence-corrected chi connectivity index (χ1v) is 5.62. The molecule has 1 aliphatic rings. The van der Waals surface area contributed by atoms with Crippen molar-refractivity contribution in [3.05, 3.63) is 41.0 Å². The van der Waals surface area contributed by atoms with E-state index in [4.69, 9.17) is 5.26 Å². The fourth-order valence-electron chi connectivity index (χ4n) is 2.07. The van der Waals surface area contributed by atoms with Gasteiger partial charge in [0.15, 0.2) is 0 Å². The summed E-state index contributed by atoms with van der Waals surface area (Å²) in [6.07, 6.45) is 2.90. The zero-order valence-electron chi connectivity index (χ0n) is 9.83. The molecule has 0 fully saturated rings. The molecule has 0 amide bonds. The summed E-state index contributed by atoms with van der Waals surface area (Å²) in [7, 11) is 0. The molecule has 1 heterocycles. The third kappa shape index (κ3) is 1.94. The van der Waals surface area contributed by atoms with Crippen LogP contribution in [0.1, 0.15) is 17.5 Å². The summed E-state index contributed by atoms with van der Waals surface area (Å²) >= 11 is 0. The van der Waals surface area contributed by atoms with Gasteiger partial charge in [-0.2, -0.15) is 5.26 Å². The summed E-state index contributed by atoms with van der Waals surface area (Å²) in [6, 6.07) is 8.63. The van der Waals surface area contributed by atoms with Crippen LogP contribution >= 0.6 is 0 Å². The van der Waals surface area contributed by atoms with Gasteiger partial charge in [0.25, 0.3) is 0 Å². The van der Waals surface area contributed by atoms with Crippen molar-refractivity contribution in [2.75, 3.05) is 18.0 Å². The Balaban J connectivity index is 2.25. The molecule has 2 nitrogen and oxygen atoms in total. The molecule has 0 saturated heterocycles. The Morgan fingerprint density at radius 2 is 2.12 bits per heavy atom. The molecule has 82 valence electrons. The van der Waals surface area contributed by atoms with E-state index in [1.54, 1.807) is 0 Å². The summed E-state index contributed by atoms with van der Waals surface area (Å²) in [5.74, 6) is 0. The lowest BCUT2D eigenvalue weighted by Gasteiger charge is -2.28. The second-order valence-corrected chi connectivity index (χ2v) is 4.26. The van der Waals surface area contributed by atoms with Gasteiger partial charge >= 0.3 is 0 Å². The third-order valence-electron chi connectivity index (χ3n) is 3.27. The van der Waals surface area contributed by atoms with Crippen molar-refractivity contribution in [1.82, 2.24) is 0 Å². The van der Waals surface area contributed by atoms with Gasteiger partial charge in [-0.05, 0) is 37.5 Å². The van der Waals surface area contributed by atoms with Crippen molar-refractivity contribution in [1.29, 1.82) is 5.26 Å². The standard InChI is InChI=1S/C14H16N2/c1-11-4-3-5-14(12(11)2)16-8-6-13(10-15)7-9-16/h3-6H,7-9H2,1-2H3. The number of hydrogen-bond donors (Lipinski definition) is 0. The molecule has 0 atom stereocenters. The van der Waals surface area contributed by atoms with Crippen molar-refractivity contribution in [2.24, 2.45) is 0 Å². The van der Waals surface area contributed by atoms with E-state index < -0.39 is 0 Å². The second kappa shape index (κ2) is 4.40. The van der Waals surface area contributed by atoms with E-state index in [-0.39, 0.29) is 0 Å². The monoisotopic (exact) mass is 212 g/mol. The van der Waals surface area contributed by atoms with E-state index in [0.29, 0.717) is 0 Å². The largest absolute Gasteiger partial charge is 0.367 e. The van der Waals surface area contributed by atoms with Gasteiger partial charge in [-0.1, -0.05) is 18.2 Å². The number of benzene rings is 1. The first kappa shape index (κ1) is 10.8. The number of anilines is 1. The van der Waals surface area contributed by atoms with Crippen molar-refractivity contribution in [2.45, 2.75) is 20.3 Å². The number of nitrogens with zero attached hydrogens (tertiary/aromatic N) is 2. The summed E-state index contributed by atoms with van der Waals surface area (Å²) < 4.78 is 0. The molecule has 0 spiro atoms. The molecular weight excluding hydrogens is 196 g/mol. The van der Waals surface area contributed by atoms with Gasteiger partial charge in [0.2, 0.25) is 0 Å². The molecule has 1 aromatic rings. The molecule has 1 aromatic carbocycles. The highest BCUT2D eigenvalue weighted by atomic mass is 15.1. The van der Waals surface area contributed by atoms with Crippen LogP contribution in [0.5, 0.6) is 0 Å². The SMILES string of the molecule is Cc1cccc(N2CC=C(C#N)CC2)c1C. The Bertz CT molecular complexity index is 466. The molecule has 0 unspecified atom stereocenters. The smallest absolute Gasteiger partial charge is 0.0945 e. The fourth-order valence-corrected chi connectivity index (χ4v) is 2.07. The summed E-state index contributed by atoms with van der Waals surface area (Å²) in [5.41, 5.74) is 4.89. The van der Waals surface area contributed by atoms with Crippen LogP contribution in [0.15, 0.2) is 29.8 Å². The highest BCUT2D eigenvalue weighted by Gasteiger charge is 2.13. The molecule has 0 saturated carbocycles. The summed E-state index contributed by atoms with van der Waals surface area (Å²) in [5, 5.41) is 8.81. The van der Waals surface area contributed by atoms with Crippen LogP contribution < -0.4 is 4.90 Å². The second-order valence-electron chi connectivity index (χ2n) is 4.26. The average molecular weight is 212 g/mol. The molecule has 2 heteroatoms. The maximum atomic E-state index is 8.81. The molecule has 0 radical (unpaired) electrons. The molecule has 0 aromatic heterocycles. The Kier molecular flexibility index (Phi) is 2.96. The fraction of sp³-hybridized carbons (Fsp3) is 0.357. The van der Waals surface area contributed by atoms with Crippen molar-refractivity contribution >= 4 is 5.69 Å². The van der Waals surface area contributed by atoms with E-state index in [1.807, 2.05) is 6.08 Å². The molecule has 0 aliphatic carbocycles. The van der Waals surface area contributed by atoms with Crippen molar-refractivity contribution in [3.63, 3.8) is 0 Å². The lowest BCUT2D eigenvalue weighted by molar-refractivity contribution is 0.799. The van der Waals surface area contributed by atoms with Crippen LogP contribution in [0.3, 0.4) is 0 Å². The number of hydrogen-bond acceptors (Lipinski definition) is 2. The predicted molar refractivity (Wildman–Crippen MR) is 66.4 cm³/mol. The van der Waals surface area contributed by atoms with E-state index >= 15 is 0 Å². The van der Waals surface area contributed by atoms with Crippen LogP contribution in [0.2, 0.25) is 0 Å². The molecular formula is C14H16N2. The number of nitriles is 1. The summed E-state index contributed by atoms with van der Waals surface area (Å²) in [6.45, 7) is 6.10. The molecule has 16 heavy (non-hydrogen) atoms. The topological polar surface area (TPSA) is 27.0 Å². The third-order valence-corrected chi connectivity index (χ3v) is 3.27. The first-order chi connectivity index (χ1) is 7.72. The van der Waals surface area contributed by atoms with Gasteiger partial charge in [0, 0.05) is 24.4 Å². The normalized spacial score (nSPS) is 15.6. The minimum absolute atomic E-state index is 0.854. The number of rotatable bonds is 1. The van der Waals surface area contributed by atoms with Crippen LogP contribution in [-0.2, 0) is 0 Å². The molecule has 0 bridgehead atoms. The Hall–Kier alpha value is -1.75. The van der Waals surface area contributed by atoms with E-state index in [0.717, 1.165) is 25.1 Å². The van der Waals surface area contributed by atoms with Crippen LogP contribution in [-0.4, -0.2) is 13.1 Å². The maximum absolute atomic E-state index is 8.81. The Morgan fingerprint density at radius 3 is 2.75 bits per heavy atom. The van der Waals surface area contributed by atoms with Gasteiger partial charge < -0.3 is 4.90 Å². The zero-order chi connectivity index (χ0) is 11.5. The first-order valence-electron chi connectivity index (χ1n) is 5.62. The molecule has 2 rings (SSSR count).